The van der Waals surface area contributed by atoms with Crippen LogP contribution in [0.4, 0.5) is 0 Å². The number of hydrogen-bond acceptors (Lipinski definition) is 13. The highest BCUT2D eigenvalue weighted by atomic mass is 16.5. The first kappa shape index (κ1) is 68.5. The van der Waals surface area contributed by atoms with Gasteiger partial charge in [0.1, 0.15) is 24.7 Å². The number of aldehydes is 2. The van der Waals surface area contributed by atoms with Gasteiger partial charge in [-0.15, -0.1) is 0 Å². The van der Waals surface area contributed by atoms with Crippen molar-refractivity contribution in [3.8, 4) is 0 Å². The zero-order chi connectivity index (χ0) is 51.1. The zero-order valence-electron chi connectivity index (χ0n) is 42.0. The molecule has 1 aliphatic rings. The highest BCUT2D eigenvalue weighted by molar-refractivity contribution is 5.95. The van der Waals surface area contributed by atoms with Gasteiger partial charge in [-0.2, -0.15) is 0 Å². The first-order valence-electron chi connectivity index (χ1n) is 22.1. The highest BCUT2D eigenvalue weighted by Gasteiger charge is 2.36. The summed E-state index contributed by atoms with van der Waals surface area (Å²) in [5, 5.41) is 35.2. The van der Waals surface area contributed by atoms with Gasteiger partial charge in [0, 0.05) is 31.4 Å². The monoisotopic (exact) mass is 921 g/mol. The molecule has 376 valence electrons. The van der Waals surface area contributed by atoms with Crippen molar-refractivity contribution in [3.05, 3.63) is 0 Å². The maximum Gasteiger partial charge on any atom is 0.303 e. The molecular formula is C44H88N8O12. The molecule has 0 aromatic rings. The SMILES string of the molecule is CC.CC(C)C.CC(O)C(NC(=O)CNC(=O)C1CCCN1C(=O)CNC(=O)C(C)(C)CCOC(C)(C)CC=O)C(=O)NCC(=O)NCC=O.CCC(=O)O.CNC.CNCC(C)C. The first-order valence-corrected chi connectivity index (χ1v) is 22.1. The molecule has 3 unspecified atom stereocenters. The van der Waals surface area contributed by atoms with Crippen molar-refractivity contribution in [2.75, 3.05) is 67.0 Å². The molecule has 1 saturated heterocycles. The van der Waals surface area contributed by atoms with Crippen LogP contribution in [0.25, 0.3) is 0 Å². The molecule has 1 heterocycles. The van der Waals surface area contributed by atoms with E-state index in [1.54, 1.807) is 34.6 Å². The molecule has 20 heteroatoms. The predicted octanol–water partition coefficient (Wildman–Crippen LogP) is 1.17. The van der Waals surface area contributed by atoms with Gasteiger partial charge in [-0.3, -0.25) is 33.6 Å². The zero-order valence-corrected chi connectivity index (χ0v) is 42.0. The second kappa shape index (κ2) is 41.2. The van der Waals surface area contributed by atoms with E-state index in [1.807, 2.05) is 35.0 Å². The minimum Gasteiger partial charge on any atom is -0.481 e. The smallest absolute Gasteiger partial charge is 0.303 e. The molecular weight excluding hydrogens is 833 g/mol. The number of rotatable bonds is 22. The number of aliphatic carboxylic acids is 1. The van der Waals surface area contributed by atoms with Crippen molar-refractivity contribution in [2.45, 2.75) is 146 Å². The third-order valence-electron chi connectivity index (χ3n) is 7.91. The second-order valence-corrected chi connectivity index (χ2v) is 16.7. The summed E-state index contributed by atoms with van der Waals surface area (Å²) in [7, 11) is 5.72. The van der Waals surface area contributed by atoms with E-state index >= 15 is 0 Å². The van der Waals surface area contributed by atoms with Gasteiger partial charge < -0.3 is 66.7 Å². The maximum atomic E-state index is 12.9. The summed E-state index contributed by atoms with van der Waals surface area (Å²) in [4.78, 5) is 107. The van der Waals surface area contributed by atoms with Crippen LogP contribution in [0.1, 0.15) is 122 Å². The van der Waals surface area contributed by atoms with E-state index in [9.17, 15) is 48.3 Å². The van der Waals surface area contributed by atoms with E-state index in [0.717, 1.165) is 24.7 Å². The minimum absolute atomic E-state index is 0.217. The van der Waals surface area contributed by atoms with E-state index in [-0.39, 0.29) is 45.0 Å². The van der Waals surface area contributed by atoms with Crippen LogP contribution in [0, 0.1) is 17.3 Å². The van der Waals surface area contributed by atoms with Crippen molar-refractivity contribution in [1.29, 1.82) is 0 Å². The molecule has 0 aromatic heterocycles. The lowest BCUT2D eigenvalue weighted by Gasteiger charge is -2.28. The van der Waals surface area contributed by atoms with Crippen LogP contribution in [0.15, 0.2) is 0 Å². The van der Waals surface area contributed by atoms with Crippen LogP contribution in [-0.2, 0) is 47.9 Å². The van der Waals surface area contributed by atoms with Crippen molar-refractivity contribution in [1.82, 2.24) is 42.1 Å². The molecule has 1 rings (SSSR count). The number of aliphatic hydroxyl groups is 1. The maximum absolute atomic E-state index is 12.9. The fraction of sp³-hybridized carbons (Fsp3) is 0.795. The summed E-state index contributed by atoms with van der Waals surface area (Å²) in [5.41, 5.74) is -1.52. The molecule has 0 aliphatic carbocycles. The Morgan fingerprint density at radius 2 is 1.33 bits per heavy atom. The lowest BCUT2D eigenvalue weighted by molar-refractivity contribution is -0.140. The quantitative estimate of drug-likeness (QED) is 0.0690. The van der Waals surface area contributed by atoms with E-state index in [1.165, 1.54) is 11.8 Å². The fourth-order valence-electron chi connectivity index (χ4n) is 4.61. The molecule has 3 atom stereocenters. The number of amides is 6. The van der Waals surface area contributed by atoms with E-state index in [4.69, 9.17) is 9.84 Å². The third-order valence-corrected chi connectivity index (χ3v) is 7.91. The predicted molar refractivity (Wildman–Crippen MR) is 249 cm³/mol. The van der Waals surface area contributed by atoms with E-state index in [0.29, 0.717) is 25.5 Å². The molecule has 64 heavy (non-hydrogen) atoms. The molecule has 6 amide bonds. The van der Waals surface area contributed by atoms with Crippen molar-refractivity contribution < 1.29 is 58.1 Å². The standard InChI is InChI=1S/C28H46N6O10.C5H13N.C4H10.C3H6O2.C2H7N.C2H6/c1-18(37)23(25(42)31-15-20(38)29-10-13-36)33-21(39)16-30-24(41)19-7-6-11-34(19)22(40)17-32-26(43)27(2,3)9-14-44-28(4,5)8-12-35;1-5(2)4-6-3;1-4(2)3;1-2-3(4)5;1-3-2;1-2/h12-13,18-19,23,37H,6-11,14-17H2,1-5H3,(H,29,38)(H,30,41)(H,31,42)(H,32,43)(H,33,39);5-6H,4H2,1-3H3;4H,1-3H3;2H2,1H3,(H,4,5);3H,1-2H3;1-2H3. The van der Waals surface area contributed by atoms with Gasteiger partial charge in [-0.1, -0.05) is 69.2 Å². The molecule has 0 aromatic carbocycles. The molecule has 0 bridgehead atoms. The Kier molecular flexibility index (Phi) is 44.1. The van der Waals surface area contributed by atoms with Crippen LogP contribution in [0.5, 0.6) is 0 Å². The average molecular weight is 921 g/mol. The fourth-order valence-corrected chi connectivity index (χ4v) is 4.61. The van der Waals surface area contributed by atoms with Gasteiger partial charge in [0.15, 0.2) is 0 Å². The molecule has 0 saturated carbocycles. The number of carboxylic acid groups (broad SMARTS) is 1. The van der Waals surface area contributed by atoms with Gasteiger partial charge >= 0.3 is 5.97 Å². The Hall–Kier alpha value is -4.53. The van der Waals surface area contributed by atoms with Gasteiger partial charge in [0.2, 0.25) is 35.4 Å². The van der Waals surface area contributed by atoms with Gasteiger partial charge in [-0.25, -0.2) is 0 Å². The Morgan fingerprint density at radius 3 is 1.75 bits per heavy atom. The van der Waals surface area contributed by atoms with Crippen LogP contribution in [0.3, 0.4) is 0 Å². The summed E-state index contributed by atoms with van der Waals surface area (Å²) in [6, 6.07) is -2.29. The number of carbonyl (C=O) groups excluding carboxylic acids is 8. The van der Waals surface area contributed by atoms with Crippen LogP contribution in [-0.4, -0.2) is 160 Å². The molecule has 9 N–H and O–H groups in total. The topological polar surface area (TPSA) is 291 Å². The van der Waals surface area contributed by atoms with Gasteiger partial charge in [0.05, 0.1) is 37.9 Å². The van der Waals surface area contributed by atoms with E-state index in [2.05, 4.69) is 71.8 Å². The summed E-state index contributed by atoms with van der Waals surface area (Å²) < 4.78 is 5.70. The second-order valence-electron chi connectivity index (χ2n) is 16.7. The normalized spacial score (nSPS) is 13.6. The summed E-state index contributed by atoms with van der Waals surface area (Å²) in [5.74, 6) is -2.87. The third kappa shape index (κ3) is 40.3. The number of likely N-dealkylation sites (tertiary alicyclic amines) is 1. The summed E-state index contributed by atoms with van der Waals surface area (Å²) in [6.45, 7) is 24.7. The van der Waals surface area contributed by atoms with Crippen molar-refractivity contribution in [2.24, 2.45) is 17.3 Å². The highest BCUT2D eigenvalue weighted by Crippen LogP contribution is 2.23. The van der Waals surface area contributed by atoms with Crippen molar-refractivity contribution >= 4 is 54.0 Å². The number of ether oxygens (including phenoxy) is 1. The number of carbonyl (C=O) groups is 9. The molecule has 1 aliphatic heterocycles. The Morgan fingerprint density at radius 1 is 0.812 bits per heavy atom. The minimum atomic E-state index is -1.43. The Balaban J connectivity index is -0.000000482. The molecule has 0 spiro atoms. The lowest BCUT2D eigenvalue weighted by Crippen LogP contribution is -2.56. The molecule has 0 radical (unpaired) electrons. The number of aliphatic hydroxyl groups excluding tert-OH is 1. The van der Waals surface area contributed by atoms with Crippen LogP contribution >= 0.6 is 0 Å². The first-order chi connectivity index (χ1) is 29.7. The summed E-state index contributed by atoms with van der Waals surface area (Å²) >= 11 is 0. The number of nitrogens with one attached hydrogen (secondary N) is 7. The lowest BCUT2D eigenvalue weighted by atomic mass is 9.88. The van der Waals surface area contributed by atoms with E-state index < -0.39 is 77.8 Å². The number of carboxylic acids is 1. The number of nitrogens with zero attached hydrogens (tertiary/aromatic N) is 1. The van der Waals surface area contributed by atoms with Gasteiger partial charge in [-0.05, 0) is 79.6 Å². The van der Waals surface area contributed by atoms with Gasteiger partial charge in [0.25, 0.3) is 0 Å². The number of hydrogen-bond donors (Lipinski definition) is 9. The Bertz CT molecular complexity index is 1320. The van der Waals surface area contributed by atoms with Crippen LogP contribution < -0.4 is 37.2 Å². The average Bonchev–Trinajstić information content (AvgIpc) is 3.71. The largest absolute Gasteiger partial charge is 0.481 e. The van der Waals surface area contributed by atoms with Crippen LogP contribution in [0.2, 0.25) is 0 Å². The Labute approximate surface area is 383 Å². The summed E-state index contributed by atoms with van der Waals surface area (Å²) in [6.07, 6.45) is 1.57. The molecule has 1 fully saturated rings. The van der Waals surface area contributed by atoms with Crippen molar-refractivity contribution in [3.63, 3.8) is 0 Å². The molecule has 20 nitrogen and oxygen atoms in total.